The van der Waals surface area contributed by atoms with Gasteiger partial charge < -0.3 is 19.9 Å². The van der Waals surface area contributed by atoms with E-state index in [0.717, 1.165) is 6.61 Å². The number of carboxylic acid groups (broad SMARTS) is 1. The van der Waals surface area contributed by atoms with Crippen LogP contribution in [0, 0.1) is 5.92 Å². The molecule has 0 radical (unpaired) electrons. The number of nitrogens with one attached hydrogen (secondary N) is 1. The van der Waals surface area contributed by atoms with Crippen molar-refractivity contribution in [2.24, 2.45) is 5.92 Å². The van der Waals surface area contributed by atoms with Crippen molar-refractivity contribution in [3.8, 4) is 0 Å². The second kappa shape index (κ2) is 12.4. The van der Waals surface area contributed by atoms with Crippen molar-refractivity contribution in [2.45, 2.75) is 59.5 Å². The molecule has 0 aliphatic heterocycles. The molecule has 0 fully saturated rings. The molecule has 0 rings (SSSR count). The molecular weight excluding hydrogens is 274 g/mol. The van der Waals surface area contributed by atoms with E-state index in [0.29, 0.717) is 25.8 Å². The van der Waals surface area contributed by atoms with Crippen molar-refractivity contribution in [1.29, 1.82) is 0 Å². The van der Waals surface area contributed by atoms with Crippen molar-refractivity contribution in [3.63, 3.8) is 0 Å². The molecule has 0 heterocycles. The summed E-state index contributed by atoms with van der Waals surface area (Å²) in [6.07, 6.45) is 1.37. The SMILES string of the molecule is CCC(CCCNC(=O)OC(C)(C)C)C(=O)O.CCOC. The quantitative estimate of drug-likeness (QED) is 0.706. The van der Waals surface area contributed by atoms with Gasteiger partial charge in [-0.1, -0.05) is 6.92 Å². The van der Waals surface area contributed by atoms with E-state index < -0.39 is 17.7 Å². The first-order valence-corrected chi connectivity index (χ1v) is 7.36. The van der Waals surface area contributed by atoms with Gasteiger partial charge in [-0.25, -0.2) is 4.79 Å². The highest BCUT2D eigenvalue weighted by Crippen LogP contribution is 2.10. The number of rotatable bonds is 7. The number of carbonyl (C=O) groups is 2. The Morgan fingerprint density at radius 3 is 2.10 bits per heavy atom. The van der Waals surface area contributed by atoms with Crippen molar-refractivity contribution in [1.82, 2.24) is 5.32 Å². The van der Waals surface area contributed by atoms with Crippen LogP contribution < -0.4 is 5.32 Å². The smallest absolute Gasteiger partial charge is 0.407 e. The fraction of sp³-hybridized carbons (Fsp3) is 0.867. The van der Waals surface area contributed by atoms with Crippen LogP contribution in [0.4, 0.5) is 4.79 Å². The van der Waals surface area contributed by atoms with E-state index in [-0.39, 0.29) is 5.92 Å². The van der Waals surface area contributed by atoms with E-state index in [1.54, 1.807) is 27.9 Å². The lowest BCUT2D eigenvalue weighted by Crippen LogP contribution is -2.33. The molecule has 0 aliphatic carbocycles. The fourth-order valence-corrected chi connectivity index (χ4v) is 1.36. The molecule has 0 saturated heterocycles. The summed E-state index contributed by atoms with van der Waals surface area (Å²) in [7, 11) is 1.68. The van der Waals surface area contributed by atoms with Gasteiger partial charge in [-0.05, 0) is 47.0 Å². The number of methoxy groups -OCH3 is 1. The lowest BCUT2D eigenvalue weighted by Gasteiger charge is -2.19. The van der Waals surface area contributed by atoms with Gasteiger partial charge in [0.25, 0.3) is 0 Å². The summed E-state index contributed by atoms with van der Waals surface area (Å²) in [5, 5.41) is 11.4. The molecule has 0 saturated carbocycles. The van der Waals surface area contributed by atoms with Gasteiger partial charge in [0.2, 0.25) is 0 Å². The Morgan fingerprint density at radius 1 is 1.24 bits per heavy atom. The minimum Gasteiger partial charge on any atom is -0.481 e. The number of amides is 1. The normalized spacial score (nSPS) is 11.9. The van der Waals surface area contributed by atoms with Gasteiger partial charge in [0.1, 0.15) is 5.60 Å². The van der Waals surface area contributed by atoms with Gasteiger partial charge in [0.15, 0.2) is 0 Å². The molecule has 21 heavy (non-hydrogen) atoms. The first-order chi connectivity index (χ1) is 9.67. The fourth-order valence-electron chi connectivity index (χ4n) is 1.36. The Labute approximate surface area is 128 Å². The Balaban J connectivity index is 0. The molecule has 0 aromatic carbocycles. The van der Waals surface area contributed by atoms with Gasteiger partial charge in [-0.2, -0.15) is 0 Å². The molecule has 0 aliphatic rings. The predicted octanol–water partition coefficient (Wildman–Crippen LogP) is 3.05. The summed E-state index contributed by atoms with van der Waals surface area (Å²) in [4.78, 5) is 22.0. The minimum absolute atomic E-state index is 0.324. The maximum atomic E-state index is 11.3. The molecule has 1 amide bonds. The monoisotopic (exact) mass is 305 g/mol. The summed E-state index contributed by atoms with van der Waals surface area (Å²) >= 11 is 0. The van der Waals surface area contributed by atoms with Crippen LogP contribution in [-0.4, -0.2) is 43.0 Å². The molecule has 0 aromatic rings. The van der Waals surface area contributed by atoms with Crippen molar-refractivity contribution >= 4 is 12.1 Å². The number of carbonyl (C=O) groups excluding carboxylic acids is 1. The Morgan fingerprint density at radius 2 is 1.76 bits per heavy atom. The summed E-state index contributed by atoms with van der Waals surface area (Å²) in [6.45, 7) is 10.5. The van der Waals surface area contributed by atoms with Crippen LogP contribution in [0.25, 0.3) is 0 Å². The average molecular weight is 305 g/mol. The standard InChI is InChI=1S/C12H23NO4.C3H8O/c1-5-9(10(14)15)7-6-8-13-11(16)17-12(2,3)4;1-3-4-2/h9H,5-8H2,1-4H3,(H,13,16)(H,14,15);3H2,1-2H3. The van der Waals surface area contributed by atoms with Crippen LogP contribution in [0.3, 0.4) is 0 Å². The van der Waals surface area contributed by atoms with Crippen molar-refractivity contribution in [3.05, 3.63) is 0 Å². The molecule has 1 atom stereocenters. The van der Waals surface area contributed by atoms with E-state index in [9.17, 15) is 9.59 Å². The number of hydrogen-bond acceptors (Lipinski definition) is 4. The Hall–Kier alpha value is -1.30. The van der Waals surface area contributed by atoms with Gasteiger partial charge in [-0.3, -0.25) is 4.79 Å². The van der Waals surface area contributed by atoms with Crippen LogP contribution in [0.5, 0.6) is 0 Å². The van der Waals surface area contributed by atoms with Crippen LogP contribution in [-0.2, 0) is 14.3 Å². The average Bonchev–Trinajstić information content (AvgIpc) is 2.36. The number of hydrogen-bond donors (Lipinski definition) is 2. The van der Waals surface area contributed by atoms with Crippen LogP contribution in [0.15, 0.2) is 0 Å². The van der Waals surface area contributed by atoms with Crippen LogP contribution >= 0.6 is 0 Å². The number of carboxylic acids is 1. The maximum absolute atomic E-state index is 11.3. The van der Waals surface area contributed by atoms with E-state index in [2.05, 4.69) is 10.1 Å². The molecule has 126 valence electrons. The molecule has 1 unspecified atom stereocenters. The first-order valence-electron chi connectivity index (χ1n) is 7.36. The van der Waals surface area contributed by atoms with E-state index in [1.165, 1.54) is 0 Å². The Kier molecular flexibility index (Phi) is 13.0. The second-order valence-corrected chi connectivity index (χ2v) is 5.59. The molecular formula is C15H31NO5. The predicted molar refractivity (Wildman–Crippen MR) is 82.4 cm³/mol. The lowest BCUT2D eigenvalue weighted by atomic mass is 10.0. The third kappa shape index (κ3) is 16.6. The Bertz CT molecular complexity index is 284. The van der Waals surface area contributed by atoms with E-state index >= 15 is 0 Å². The van der Waals surface area contributed by atoms with Gasteiger partial charge in [-0.15, -0.1) is 0 Å². The van der Waals surface area contributed by atoms with E-state index in [1.807, 2.05) is 13.8 Å². The van der Waals surface area contributed by atoms with Crippen LogP contribution in [0.2, 0.25) is 0 Å². The topological polar surface area (TPSA) is 84.9 Å². The maximum Gasteiger partial charge on any atom is 0.407 e. The van der Waals surface area contributed by atoms with Gasteiger partial charge in [0.05, 0.1) is 5.92 Å². The lowest BCUT2D eigenvalue weighted by molar-refractivity contribution is -0.142. The zero-order valence-corrected chi connectivity index (χ0v) is 14.2. The molecule has 0 aromatic heterocycles. The summed E-state index contributed by atoms with van der Waals surface area (Å²) < 4.78 is 9.59. The highest BCUT2D eigenvalue weighted by Gasteiger charge is 2.17. The number of alkyl carbamates (subject to hydrolysis) is 1. The third-order valence-electron chi connectivity index (χ3n) is 2.53. The van der Waals surface area contributed by atoms with Crippen molar-refractivity contribution < 1.29 is 24.2 Å². The first kappa shape index (κ1) is 22.0. The van der Waals surface area contributed by atoms with E-state index in [4.69, 9.17) is 9.84 Å². The minimum atomic E-state index is -0.773. The highest BCUT2D eigenvalue weighted by atomic mass is 16.6. The zero-order valence-electron chi connectivity index (χ0n) is 14.2. The molecule has 0 spiro atoms. The molecule has 0 bridgehead atoms. The molecule has 6 nitrogen and oxygen atoms in total. The van der Waals surface area contributed by atoms with Gasteiger partial charge >= 0.3 is 12.1 Å². The second-order valence-electron chi connectivity index (χ2n) is 5.59. The highest BCUT2D eigenvalue weighted by molar-refractivity contribution is 5.70. The summed E-state index contributed by atoms with van der Waals surface area (Å²) in [5.41, 5.74) is -0.503. The number of aliphatic carboxylic acids is 1. The van der Waals surface area contributed by atoms with Crippen molar-refractivity contribution in [2.75, 3.05) is 20.3 Å². The van der Waals surface area contributed by atoms with Crippen LogP contribution in [0.1, 0.15) is 53.9 Å². The van der Waals surface area contributed by atoms with Gasteiger partial charge in [0, 0.05) is 20.3 Å². The molecule has 6 heteroatoms. The summed E-state index contributed by atoms with van der Waals surface area (Å²) in [5.74, 6) is -1.10. The summed E-state index contributed by atoms with van der Waals surface area (Å²) in [6, 6.07) is 0. The number of ether oxygens (including phenoxy) is 2. The zero-order chi connectivity index (χ0) is 16.9. The molecule has 2 N–H and O–H groups in total. The largest absolute Gasteiger partial charge is 0.481 e. The third-order valence-corrected chi connectivity index (χ3v) is 2.53.